The van der Waals surface area contributed by atoms with Crippen LogP contribution in [0.25, 0.3) is 0 Å². The summed E-state index contributed by atoms with van der Waals surface area (Å²) < 4.78 is 22.7. The van der Waals surface area contributed by atoms with Gasteiger partial charge in [0.15, 0.2) is 14.9 Å². The molecular weight excluding hydrogens is 290 g/mol. The average Bonchev–Trinajstić information content (AvgIpc) is 2.75. The molecule has 0 fully saturated rings. The molecule has 1 aromatic carbocycles. The number of sulfone groups is 1. The molecule has 1 aliphatic heterocycles. The lowest BCUT2D eigenvalue weighted by molar-refractivity contribution is -0.116. The highest BCUT2D eigenvalue weighted by Crippen LogP contribution is 2.32. The minimum atomic E-state index is -3.32. The van der Waals surface area contributed by atoms with Gasteiger partial charge >= 0.3 is 0 Å². The maximum absolute atomic E-state index is 12.0. The molecule has 21 heavy (non-hydrogen) atoms. The Hall–Kier alpha value is -2.41. The fraction of sp³-hybridized carbons (Fsp3) is 0.143. The highest BCUT2D eigenvalue weighted by Gasteiger charge is 2.29. The van der Waals surface area contributed by atoms with Crippen LogP contribution in [0.4, 0.5) is 11.4 Å². The quantitative estimate of drug-likeness (QED) is 0.899. The number of nitrogens with one attached hydrogen (secondary N) is 2. The molecule has 108 valence electrons. The highest BCUT2D eigenvalue weighted by molar-refractivity contribution is 7.90. The summed E-state index contributed by atoms with van der Waals surface area (Å²) in [7, 11) is -3.32. The van der Waals surface area contributed by atoms with Gasteiger partial charge in [0.25, 0.3) is 5.91 Å². The maximum Gasteiger partial charge on any atom is 0.251 e. The van der Waals surface area contributed by atoms with Crippen LogP contribution >= 0.6 is 0 Å². The zero-order valence-electron chi connectivity index (χ0n) is 11.2. The SMILES string of the molecule is CS(=O)(=O)c1ccc(NC2C(=O)Nc3ccccc32)cn1. The van der Waals surface area contributed by atoms with Crippen molar-refractivity contribution in [2.45, 2.75) is 11.1 Å². The Morgan fingerprint density at radius 2 is 1.95 bits per heavy atom. The van der Waals surface area contributed by atoms with Crippen LogP contribution in [0.1, 0.15) is 11.6 Å². The molecule has 0 bridgehead atoms. The Bertz CT molecular complexity index is 800. The van der Waals surface area contributed by atoms with Crippen LogP contribution in [0.3, 0.4) is 0 Å². The van der Waals surface area contributed by atoms with E-state index in [4.69, 9.17) is 0 Å². The van der Waals surface area contributed by atoms with Gasteiger partial charge in [-0.15, -0.1) is 0 Å². The fourth-order valence-electron chi connectivity index (χ4n) is 2.20. The highest BCUT2D eigenvalue weighted by atomic mass is 32.2. The number of para-hydroxylation sites is 1. The summed E-state index contributed by atoms with van der Waals surface area (Å²) >= 11 is 0. The summed E-state index contributed by atoms with van der Waals surface area (Å²) in [5.74, 6) is -0.150. The van der Waals surface area contributed by atoms with Gasteiger partial charge in [0.2, 0.25) is 0 Å². The molecule has 0 spiro atoms. The van der Waals surface area contributed by atoms with Crippen LogP contribution in [0, 0.1) is 0 Å². The number of hydrogen-bond donors (Lipinski definition) is 2. The van der Waals surface area contributed by atoms with Crippen molar-refractivity contribution in [1.82, 2.24) is 4.98 Å². The second-order valence-corrected chi connectivity index (χ2v) is 6.77. The van der Waals surface area contributed by atoms with Crippen LogP contribution in [0.2, 0.25) is 0 Å². The summed E-state index contributed by atoms with van der Waals surface area (Å²) in [6.45, 7) is 0. The van der Waals surface area contributed by atoms with E-state index in [0.717, 1.165) is 17.5 Å². The van der Waals surface area contributed by atoms with E-state index in [9.17, 15) is 13.2 Å². The molecule has 0 radical (unpaired) electrons. The van der Waals surface area contributed by atoms with Crippen LogP contribution in [0.15, 0.2) is 47.6 Å². The molecular formula is C14H13N3O3S. The number of pyridine rings is 1. The van der Waals surface area contributed by atoms with Gasteiger partial charge in [-0.3, -0.25) is 4.79 Å². The van der Waals surface area contributed by atoms with Gasteiger partial charge in [0.1, 0.15) is 6.04 Å². The molecule has 1 unspecified atom stereocenters. The Kier molecular flexibility index (Phi) is 3.13. The molecule has 2 heterocycles. The van der Waals surface area contributed by atoms with E-state index in [-0.39, 0.29) is 10.9 Å². The fourth-order valence-corrected chi connectivity index (χ4v) is 2.76. The van der Waals surface area contributed by atoms with E-state index < -0.39 is 15.9 Å². The van der Waals surface area contributed by atoms with Crippen molar-refractivity contribution in [2.24, 2.45) is 0 Å². The lowest BCUT2D eigenvalue weighted by Gasteiger charge is -2.12. The van der Waals surface area contributed by atoms with Crippen LogP contribution < -0.4 is 10.6 Å². The van der Waals surface area contributed by atoms with Crippen molar-refractivity contribution in [3.63, 3.8) is 0 Å². The number of carbonyl (C=O) groups is 1. The Labute approximate surface area is 122 Å². The molecule has 1 amide bonds. The van der Waals surface area contributed by atoms with E-state index in [2.05, 4.69) is 15.6 Å². The average molecular weight is 303 g/mol. The number of rotatable bonds is 3. The van der Waals surface area contributed by atoms with Gasteiger partial charge < -0.3 is 10.6 Å². The number of carbonyl (C=O) groups excluding carboxylic acids is 1. The number of nitrogens with zero attached hydrogens (tertiary/aromatic N) is 1. The molecule has 1 atom stereocenters. The van der Waals surface area contributed by atoms with Crippen molar-refractivity contribution in [3.05, 3.63) is 48.2 Å². The first-order valence-electron chi connectivity index (χ1n) is 6.27. The number of aromatic nitrogens is 1. The summed E-state index contributed by atoms with van der Waals surface area (Å²) in [5, 5.41) is 5.85. The predicted molar refractivity (Wildman–Crippen MR) is 78.8 cm³/mol. The number of hydrogen-bond acceptors (Lipinski definition) is 5. The van der Waals surface area contributed by atoms with Crippen LogP contribution in [-0.4, -0.2) is 25.6 Å². The first kappa shape index (κ1) is 13.6. The van der Waals surface area contributed by atoms with E-state index in [0.29, 0.717) is 5.69 Å². The van der Waals surface area contributed by atoms with Gasteiger partial charge in [-0.1, -0.05) is 18.2 Å². The van der Waals surface area contributed by atoms with E-state index in [1.54, 1.807) is 6.07 Å². The Morgan fingerprint density at radius 3 is 2.62 bits per heavy atom. The lowest BCUT2D eigenvalue weighted by Crippen LogP contribution is -2.19. The normalized spacial score (nSPS) is 17.2. The Balaban J connectivity index is 1.86. The second kappa shape index (κ2) is 4.85. The monoisotopic (exact) mass is 303 g/mol. The van der Waals surface area contributed by atoms with Crippen molar-refractivity contribution in [1.29, 1.82) is 0 Å². The third-order valence-corrected chi connectivity index (χ3v) is 4.22. The topological polar surface area (TPSA) is 88.2 Å². The first-order chi connectivity index (χ1) is 9.95. The number of fused-ring (bicyclic) bond motifs is 1. The zero-order valence-corrected chi connectivity index (χ0v) is 12.0. The van der Waals surface area contributed by atoms with Gasteiger partial charge in [-0.2, -0.15) is 0 Å². The van der Waals surface area contributed by atoms with Gasteiger partial charge in [0, 0.05) is 17.5 Å². The van der Waals surface area contributed by atoms with Crippen LogP contribution in [-0.2, 0) is 14.6 Å². The smallest absolute Gasteiger partial charge is 0.251 e. The van der Waals surface area contributed by atoms with Gasteiger partial charge in [-0.25, -0.2) is 13.4 Å². The minimum absolute atomic E-state index is 0.00400. The van der Waals surface area contributed by atoms with Crippen molar-refractivity contribution in [2.75, 3.05) is 16.9 Å². The minimum Gasteiger partial charge on any atom is -0.369 e. The summed E-state index contributed by atoms with van der Waals surface area (Å²) in [5.41, 5.74) is 2.22. The van der Waals surface area contributed by atoms with Gasteiger partial charge in [-0.05, 0) is 18.2 Å². The summed E-state index contributed by atoms with van der Waals surface area (Å²) in [4.78, 5) is 15.9. The number of benzene rings is 1. The van der Waals surface area contributed by atoms with Crippen molar-refractivity contribution in [3.8, 4) is 0 Å². The third kappa shape index (κ3) is 2.59. The lowest BCUT2D eigenvalue weighted by atomic mass is 10.1. The molecule has 6 nitrogen and oxygen atoms in total. The molecule has 2 aromatic rings. The van der Waals surface area contributed by atoms with Crippen molar-refractivity contribution >= 4 is 27.1 Å². The third-order valence-electron chi connectivity index (χ3n) is 3.22. The molecule has 1 aromatic heterocycles. The molecule has 3 rings (SSSR count). The first-order valence-corrected chi connectivity index (χ1v) is 8.17. The number of amides is 1. The molecule has 7 heteroatoms. The number of anilines is 2. The van der Waals surface area contributed by atoms with E-state index in [1.165, 1.54) is 12.3 Å². The summed E-state index contributed by atoms with van der Waals surface area (Å²) in [6.07, 6.45) is 2.51. The molecule has 0 saturated carbocycles. The van der Waals surface area contributed by atoms with E-state index >= 15 is 0 Å². The molecule has 0 aliphatic carbocycles. The summed E-state index contributed by atoms with van der Waals surface area (Å²) in [6, 6.07) is 9.91. The second-order valence-electron chi connectivity index (χ2n) is 4.81. The van der Waals surface area contributed by atoms with Gasteiger partial charge in [0.05, 0.1) is 11.9 Å². The molecule has 2 N–H and O–H groups in total. The molecule has 0 saturated heterocycles. The maximum atomic E-state index is 12.0. The Morgan fingerprint density at radius 1 is 1.19 bits per heavy atom. The standard InChI is InChI=1S/C14H13N3O3S/c1-21(19,20)12-7-6-9(8-15-12)16-13-10-4-2-3-5-11(10)17-14(13)18/h2-8,13,16H,1H3,(H,17,18). The zero-order chi connectivity index (χ0) is 15.0. The largest absolute Gasteiger partial charge is 0.369 e. The molecule has 1 aliphatic rings. The van der Waals surface area contributed by atoms with E-state index in [1.807, 2.05) is 24.3 Å². The van der Waals surface area contributed by atoms with Crippen LogP contribution in [0.5, 0.6) is 0 Å². The predicted octanol–water partition coefficient (Wildman–Crippen LogP) is 1.59. The van der Waals surface area contributed by atoms with Crippen molar-refractivity contribution < 1.29 is 13.2 Å².